The van der Waals surface area contributed by atoms with E-state index >= 15 is 0 Å². The molecule has 9 nitrogen and oxygen atoms in total. The number of carbonyl (C=O) groups is 1. The van der Waals surface area contributed by atoms with Gasteiger partial charge in [-0.25, -0.2) is 4.79 Å². The molecule has 1 aromatic heterocycles. The summed E-state index contributed by atoms with van der Waals surface area (Å²) in [5.74, 6) is 0.755. The van der Waals surface area contributed by atoms with Gasteiger partial charge in [-0.05, 0) is 29.5 Å². The average Bonchev–Trinajstić information content (AvgIpc) is 2.69. The average molecular weight is 427 g/mol. The van der Waals surface area contributed by atoms with Gasteiger partial charge in [-0.1, -0.05) is 13.8 Å². The first-order valence-electron chi connectivity index (χ1n) is 9.88. The summed E-state index contributed by atoms with van der Waals surface area (Å²) in [5, 5.41) is 3.14. The van der Waals surface area contributed by atoms with Crippen LogP contribution in [0.4, 0.5) is 5.82 Å². The fourth-order valence-electron chi connectivity index (χ4n) is 4.55. The molecule has 1 aliphatic heterocycles. The van der Waals surface area contributed by atoms with Gasteiger partial charge in [-0.15, -0.1) is 0 Å². The van der Waals surface area contributed by atoms with Crippen LogP contribution in [-0.2, 0) is 4.79 Å². The molecule has 1 aliphatic carbocycles. The summed E-state index contributed by atoms with van der Waals surface area (Å²) in [5.41, 5.74) is 0.671. The summed E-state index contributed by atoms with van der Waals surface area (Å²) < 4.78 is 16.4. The highest BCUT2D eigenvalue weighted by molar-refractivity contribution is 6.01. The lowest BCUT2D eigenvalue weighted by Crippen LogP contribution is -2.39. The number of anilines is 1. The minimum absolute atomic E-state index is 0.0475. The quantitative estimate of drug-likeness (QED) is 0.684. The van der Waals surface area contributed by atoms with Crippen LogP contribution in [0.5, 0.6) is 17.2 Å². The zero-order valence-electron chi connectivity index (χ0n) is 18.1. The number of nitrogens with one attached hydrogen (secondary N) is 3. The third kappa shape index (κ3) is 3.39. The molecule has 0 saturated heterocycles. The lowest BCUT2D eigenvalue weighted by molar-refractivity contribution is -0.118. The molecule has 9 heteroatoms. The van der Waals surface area contributed by atoms with E-state index in [2.05, 4.69) is 15.3 Å². The number of ketones is 1. The first-order valence-corrected chi connectivity index (χ1v) is 9.88. The molecule has 3 N–H and O–H groups in total. The highest BCUT2D eigenvalue weighted by Crippen LogP contribution is 2.49. The molecule has 2 heterocycles. The molecule has 0 bridgehead atoms. The Balaban J connectivity index is 2.04. The van der Waals surface area contributed by atoms with E-state index < -0.39 is 17.2 Å². The number of rotatable bonds is 4. The van der Waals surface area contributed by atoms with Gasteiger partial charge in [0, 0.05) is 23.6 Å². The van der Waals surface area contributed by atoms with Crippen LogP contribution in [0, 0.1) is 5.41 Å². The second kappa shape index (κ2) is 7.33. The van der Waals surface area contributed by atoms with Gasteiger partial charge >= 0.3 is 5.69 Å². The highest BCUT2D eigenvalue weighted by atomic mass is 16.5. The highest BCUT2D eigenvalue weighted by Gasteiger charge is 2.42. The molecule has 2 aliphatic rings. The number of hydrogen-bond acceptors (Lipinski definition) is 7. The van der Waals surface area contributed by atoms with E-state index in [1.807, 2.05) is 13.8 Å². The van der Waals surface area contributed by atoms with Crippen molar-refractivity contribution in [3.63, 3.8) is 0 Å². The molecular formula is C22H25N3O6. The van der Waals surface area contributed by atoms with Gasteiger partial charge in [0.1, 0.15) is 5.82 Å². The molecule has 1 aromatic carbocycles. The largest absolute Gasteiger partial charge is 0.493 e. The molecule has 0 spiro atoms. The molecule has 0 radical (unpaired) electrons. The number of fused-ring (bicyclic) bond motifs is 1. The first kappa shape index (κ1) is 20.8. The lowest BCUT2D eigenvalue weighted by atomic mass is 9.69. The van der Waals surface area contributed by atoms with Gasteiger partial charge in [0.2, 0.25) is 5.75 Å². The van der Waals surface area contributed by atoms with Crippen molar-refractivity contribution < 1.29 is 19.0 Å². The molecular weight excluding hydrogens is 402 g/mol. The summed E-state index contributed by atoms with van der Waals surface area (Å²) in [7, 11) is 4.50. The Labute approximate surface area is 178 Å². The predicted molar refractivity (Wildman–Crippen MR) is 114 cm³/mol. The van der Waals surface area contributed by atoms with Crippen molar-refractivity contribution in [3.8, 4) is 17.2 Å². The lowest BCUT2D eigenvalue weighted by Gasteiger charge is -2.38. The van der Waals surface area contributed by atoms with Crippen molar-refractivity contribution in [1.82, 2.24) is 9.97 Å². The fourth-order valence-corrected chi connectivity index (χ4v) is 4.55. The second-order valence-electron chi connectivity index (χ2n) is 8.55. The van der Waals surface area contributed by atoms with E-state index in [4.69, 9.17) is 14.2 Å². The number of hydrogen-bond donors (Lipinski definition) is 3. The number of aromatic amines is 2. The second-order valence-corrected chi connectivity index (χ2v) is 8.55. The van der Waals surface area contributed by atoms with Crippen LogP contribution in [0.3, 0.4) is 0 Å². The molecule has 164 valence electrons. The number of carbonyl (C=O) groups excluding carboxylic acids is 1. The van der Waals surface area contributed by atoms with E-state index in [1.54, 1.807) is 12.1 Å². The standard InChI is InChI=1S/C22H25N3O6/c1-22(2)8-11-16(12(26)9-22)15(17-19(23-11)24-21(28)25-20(17)27)10-6-13(29-3)18(31-5)14(7-10)30-4/h6-7,15H,8-9H2,1-5H3,(H3,23,24,25,27,28)/t15-/m1/s1. The van der Waals surface area contributed by atoms with Crippen molar-refractivity contribution in [3.05, 3.63) is 55.4 Å². The number of aromatic nitrogens is 2. The van der Waals surface area contributed by atoms with Crippen LogP contribution < -0.4 is 30.8 Å². The summed E-state index contributed by atoms with van der Waals surface area (Å²) in [6.45, 7) is 4.03. The van der Waals surface area contributed by atoms with E-state index in [0.717, 1.165) is 0 Å². The number of Topliss-reactive ketones (excluding diaryl/α,β-unsaturated/α-hetero) is 1. The summed E-state index contributed by atoms with van der Waals surface area (Å²) in [6, 6.07) is 3.45. The van der Waals surface area contributed by atoms with Crippen LogP contribution in [0.15, 0.2) is 33.0 Å². The number of H-pyrrole nitrogens is 2. The van der Waals surface area contributed by atoms with Crippen LogP contribution in [-0.4, -0.2) is 37.1 Å². The summed E-state index contributed by atoms with van der Waals surface area (Å²) in [6.07, 6.45) is 0.953. The Morgan fingerprint density at radius 2 is 1.58 bits per heavy atom. The molecule has 0 saturated carbocycles. The maximum atomic E-state index is 13.3. The third-order valence-corrected chi connectivity index (χ3v) is 5.77. The van der Waals surface area contributed by atoms with E-state index in [9.17, 15) is 14.4 Å². The van der Waals surface area contributed by atoms with Gasteiger partial charge < -0.3 is 19.5 Å². The predicted octanol–water partition coefficient (Wildman–Crippen LogP) is 2.29. The number of benzene rings is 1. The Morgan fingerprint density at radius 1 is 0.935 bits per heavy atom. The number of allylic oxidation sites excluding steroid dienone is 2. The molecule has 2 aromatic rings. The Kier molecular flexibility index (Phi) is 4.91. The first-order chi connectivity index (χ1) is 14.7. The van der Waals surface area contributed by atoms with Gasteiger partial charge in [-0.3, -0.25) is 19.6 Å². The van der Waals surface area contributed by atoms with Gasteiger partial charge in [0.05, 0.1) is 26.9 Å². The third-order valence-electron chi connectivity index (χ3n) is 5.77. The van der Waals surface area contributed by atoms with Gasteiger partial charge in [-0.2, -0.15) is 0 Å². The van der Waals surface area contributed by atoms with Crippen molar-refractivity contribution >= 4 is 11.6 Å². The Bertz CT molecular complexity index is 1200. The van der Waals surface area contributed by atoms with Crippen LogP contribution in [0.25, 0.3) is 0 Å². The van der Waals surface area contributed by atoms with E-state index in [-0.39, 0.29) is 22.6 Å². The summed E-state index contributed by atoms with van der Waals surface area (Å²) >= 11 is 0. The van der Waals surface area contributed by atoms with Crippen molar-refractivity contribution in [2.45, 2.75) is 32.6 Å². The minimum Gasteiger partial charge on any atom is -0.493 e. The number of methoxy groups -OCH3 is 3. The van der Waals surface area contributed by atoms with Crippen molar-refractivity contribution in [2.24, 2.45) is 5.41 Å². The van der Waals surface area contributed by atoms with Crippen molar-refractivity contribution in [1.29, 1.82) is 0 Å². The normalized spacial score (nSPS) is 19.3. The summed E-state index contributed by atoms with van der Waals surface area (Å²) in [4.78, 5) is 43.0. The minimum atomic E-state index is -0.704. The van der Waals surface area contributed by atoms with Crippen LogP contribution in [0.2, 0.25) is 0 Å². The molecule has 0 unspecified atom stereocenters. The Hall–Kier alpha value is -3.49. The van der Waals surface area contributed by atoms with Gasteiger partial charge in [0.15, 0.2) is 17.3 Å². The molecule has 0 fully saturated rings. The zero-order valence-corrected chi connectivity index (χ0v) is 18.1. The SMILES string of the molecule is COc1cc([C@@H]2C3=C(CC(C)(C)CC3=O)Nc3[nH]c(=O)[nH]c(=O)c32)cc(OC)c1OC. The maximum Gasteiger partial charge on any atom is 0.327 e. The molecule has 0 amide bonds. The van der Waals surface area contributed by atoms with Crippen molar-refractivity contribution in [2.75, 3.05) is 26.6 Å². The fraction of sp³-hybridized carbons (Fsp3) is 0.409. The molecule has 1 atom stereocenters. The maximum absolute atomic E-state index is 13.3. The smallest absolute Gasteiger partial charge is 0.327 e. The molecule has 4 rings (SSSR count). The van der Waals surface area contributed by atoms with Crippen LogP contribution >= 0.6 is 0 Å². The topological polar surface area (TPSA) is 123 Å². The zero-order chi connectivity index (χ0) is 22.5. The Morgan fingerprint density at radius 3 is 2.16 bits per heavy atom. The number of ether oxygens (including phenoxy) is 3. The monoisotopic (exact) mass is 427 g/mol. The van der Waals surface area contributed by atoms with E-state index in [0.29, 0.717) is 46.9 Å². The molecule has 31 heavy (non-hydrogen) atoms. The van der Waals surface area contributed by atoms with Crippen LogP contribution in [0.1, 0.15) is 43.7 Å². The van der Waals surface area contributed by atoms with Gasteiger partial charge in [0.25, 0.3) is 5.56 Å². The van der Waals surface area contributed by atoms with E-state index in [1.165, 1.54) is 21.3 Å².